The lowest BCUT2D eigenvalue weighted by molar-refractivity contribution is 0.0959. The van der Waals surface area contributed by atoms with E-state index in [0.29, 0.717) is 24.3 Å². The van der Waals surface area contributed by atoms with E-state index < -0.39 is 0 Å². The van der Waals surface area contributed by atoms with E-state index in [1.54, 1.807) is 38.5 Å². The van der Waals surface area contributed by atoms with Gasteiger partial charge in [0.1, 0.15) is 11.5 Å². The third kappa shape index (κ3) is 4.79. The molecule has 0 saturated heterocycles. The van der Waals surface area contributed by atoms with Crippen molar-refractivity contribution in [2.24, 2.45) is 0 Å². The van der Waals surface area contributed by atoms with Crippen LogP contribution in [0.4, 0.5) is 0 Å². The standard InChI is InChI=1S/C18H19NO3S/c1-21-15-9-7-13(8-10-15)18(20)19-12-16(23)11-14-5-3-4-6-17(14)22-2/h3-10H,11-12H2,1-2H3,(H,19,20). The molecule has 4 nitrogen and oxygen atoms in total. The average molecular weight is 329 g/mol. The van der Waals surface area contributed by atoms with Crippen molar-refractivity contribution in [3.05, 3.63) is 59.7 Å². The van der Waals surface area contributed by atoms with E-state index in [-0.39, 0.29) is 5.91 Å². The SMILES string of the molecule is COc1ccc(C(=O)NCC(=S)Cc2ccccc2OC)cc1. The molecular weight excluding hydrogens is 310 g/mol. The van der Waals surface area contributed by atoms with Crippen LogP contribution in [0.15, 0.2) is 48.5 Å². The molecule has 2 aromatic carbocycles. The molecule has 2 aromatic rings. The Hall–Kier alpha value is -2.40. The van der Waals surface area contributed by atoms with Crippen molar-refractivity contribution in [1.82, 2.24) is 5.32 Å². The molecule has 23 heavy (non-hydrogen) atoms. The number of hydrogen-bond acceptors (Lipinski definition) is 4. The van der Waals surface area contributed by atoms with Gasteiger partial charge < -0.3 is 14.8 Å². The number of thiocarbonyl (C=S) groups is 1. The molecular formula is C18H19NO3S. The molecule has 0 atom stereocenters. The van der Waals surface area contributed by atoms with E-state index in [0.717, 1.165) is 16.2 Å². The van der Waals surface area contributed by atoms with Gasteiger partial charge in [-0.25, -0.2) is 0 Å². The van der Waals surface area contributed by atoms with Crippen LogP contribution in [-0.4, -0.2) is 31.5 Å². The Morgan fingerprint density at radius 2 is 1.74 bits per heavy atom. The number of ether oxygens (including phenoxy) is 2. The van der Waals surface area contributed by atoms with Gasteiger partial charge in [0.2, 0.25) is 0 Å². The van der Waals surface area contributed by atoms with E-state index in [1.165, 1.54) is 0 Å². The fraction of sp³-hybridized carbons (Fsp3) is 0.222. The van der Waals surface area contributed by atoms with E-state index in [4.69, 9.17) is 21.7 Å². The maximum atomic E-state index is 12.1. The summed E-state index contributed by atoms with van der Waals surface area (Å²) in [6.45, 7) is 0.345. The highest BCUT2D eigenvalue weighted by atomic mass is 32.1. The van der Waals surface area contributed by atoms with Crippen molar-refractivity contribution in [1.29, 1.82) is 0 Å². The first-order chi connectivity index (χ1) is 11.1. The van der Waals surface area contributed by atoms with E-state index in [2.05, 4.69) is 5.32 Å². The molecule has 1 N–H and O–H groups in total. The first-order valence-electron chi connectivity index (χ1n) is 7.20. The molecule has 0 aliphatic carbocycles. The number of carbonyl (C=O) groups excluding carboxylic acids is 1. The van der Waals surface area contributed by atoms with Gasteiger partial charge in [-0.05, 0) is 35.9 Å². The Morgan fingerprint density at radius 1 is 1.04 bits per heavy atom. The monoisotopic (exact) mass is 329 g/mol. The minimum Gasteiger partial charge on any atom is -0.497 e. The summed E-state index contributed by atoms with van der Waals surface area (Å²) in [4.78, 5) is 12.8. The lowest BCUT2D eigenvalue weighted by Crippen LogP contribution is -2.29. The van der Waals surface area contributed by atoms with Gasteiger partial charge in [0.25, 0.3) is 5.91 Å². The lowest BCUT2D eigenvalue weighted by atomic mass is 10.1. The van der Waals surface area contributed by atoms with Gasteiger partial charge in [0.15, 0.2) is 0 Å². The quantitative estimate of drug-likeness (QED) is 0.793. The van der Waals surface area contributed by atoms with Crippen LogP contribution < -0.4 is 14.8 Å². The Morgan fingerprint density at radius 3 is 2.39 bits per heavy atom. The molecule has 1 amide bonds. The van der Waals surface area contributed by atoms with Crippen molar-refractivity contribution < 1.29 is 14.3 Å². The summed E-state index contributed by atoms with van der Waals surface area (Å²) in [7, 11) is 3.22. The van der Waals surface area contributed by atoms with Crippen LogP contribution in [0.5, 0.6) is 11.5 Å². The molecule has 0 bridgehead atoms. The topological polar surface area (TPSA) is 47.6 Å². The van der Waals surface area contributed by atoms with Gasteiger partial charge in [-0.2, -0.15) is 0 Å². The molecule has 0 fully saturated rings. The van der Waals surface area contributed by atoms with Gasteiger partial charge in [-0.1, -0.05) is 30.4 Å². The Balaban J connectivity index is 1.89. The normalized spacial score (nSPS) is 10.0. The molecule has 0 aromatic heterocycles. The van der Waals surface area contributed by atoms with Crippen LogP contribution in [0.2, 0.25) is 0 Å². The predicted octanol–water partition coefficient (Wildman–Crippen LogP) is 3.05. The number of amides is 1. The largest absolute Gasteiger partial charge is 0.497 e. The van der Waals surface area contributed by atoms with Gasteiger partial charge in [-0.15, -0.1) is 0 Å². The molecule has 120 valence electrons. The number of hydrogen-bond donors (Lipinski definition) is 1. The zero-order chi connectivity index (χ0) is 16.7. The van der Waals surface area contributed by atoms with E-state index >= 15 is 0 Å². The minimum absolute atomic E-state index is 0.157. The maximum Gasteiger partial charge on any atom is 0.251 e. The summed E-state index contributed by atoms with van der Waals surface area (Å²) in [5, 5.41) is 2.83. The van der Waals surface area contributed by atoms with Crippen molar-refractivity contribution in [3.63, 3.8) is 0 Å². The van der Waals surface area contributed by atoms with Crippen LogP contribution >= 0.6 is 12.2 Å². The van der Waals surface area contributed by atoms with Gasteiger partial charge in [-0.3, -0.25) is 4.79 Å². The van der Waals surface area contributed by atoms with Crippen molar-refractivity contribution >= 4 is 23.0 Å². The second kappa shape index (κ2) is 8.29. The Bertz CT molecular complexity index is 683. The molecule has 0 heterocycles. The molecule has 0 unspecified atom stereocenters. The summed E-state index contributed by atoms with van der Waals surface area (Å²) in [5.41, 5.74) is 1.59. The van der Waals surface area contributed by atoms with E-state index in [1.807, 2.05) is 24.3 Å². The van der Waals surface area contributed by atoms with Crippen LogP contribution in [0.25, 0.3) is 0 Å². The zero-order valence-electron chi connectivity index (χ0n) is 13.2. The first-order valence-corrected chi connectivity index (χ1v) is 7.60. The highest BCUT2D eigenvalue weighted by Gasteiger charge is 2.09. The fourth-order valence-corrected chi connectivity index (χ4v) is 2.37. The van der Waals surface area contributed by atoms with E-state index in [9.17, 15) is 4.79 Å². The summed E-state index contributed by atoms with van der Waals surface area (Å²) in [6.07, 6.45) is 0.586. The highest BCUT2D eigenvalue weighted by Crippen LogP contribution is 2.18. The van der Waals surface area contributed by atoms with Gasteiger partial charge in [0.05, 0.1) is 14.2 Å². The van der Waals surface area contributed by atoms with Gasteiger partial charge in [0, 0.05) is 23.4 Å². The molecule has 0 aliphatic heterocycles. The summed E-state index contributed by atoms with van der Waals surface area (Å²) >= 11 is 5.36. The average Bonchev–Trinajstić information content (AvgIpc) is 2.60. The lowest BCUT2D eigenvalue weighted by Gasteiger charge is -2.10. The Kier molecular flexibility index (Phi) is 6.11. The molecule has 0 spiro atoms. The van der Waals surface area contributed by atoms with Crippen LogP contribution in [0.1, 0.15) is 15.9 Å². The number of carbonyl (C=O) groups is 1. The van der Waals surface area contributed by atoms with Crippen molar-refractivity contribution in [3.8, 4) is 11.5 Å². The predicted molar refractivity (Wildman–Crippen MR) is 94.6 cm³/mol. The van der Waals surface area contributed by atoms with Crippen molar-refractivity contribution in [2.45, 2.75) is 6.42 Å². The highest BCUT2D eigenvalue weighted by molar-refractivity contribution is 7.80. The minimum atomic E-state index is -0.157. The Labute approximate surface area is 141 Å². The summed E-state index contributed by atoms with van der Waals surface area (Å²) in [5.74, 6) is 1.36. The number of benzene rings is 2. The first kappa shape index (κ1) is 17.0. The van der Waals surface area contributed by atoms with Crippen LogP contribution in [0.3, 0.4) is 0 Å². The number of para-hydroxylation sites is 1. The fourth-order valence-electron chi connectivity index (χ4n) is 2.15. The second-order valence-corrected chi connectivity index (χ2v) is 5.52. The molecule has 2 rings (SSSR count). The van der Waals surface area contributed by atoms with Crippen molar-refractivity contribution in [2.75, 3.05) is 20.8 Å². The van der Waals surface area contributed by atoms with Gasteiger partial charge >= 0.3 is 0 Å². The van der Waals surface area contributed by atoms with Crippen LogP contribution in [0, 0.1) is 0 Å². The summed E-state index contributed by atoms with van der Waals surface area (Å²) < 4.78 is 10.4. The third-order valence-corrected chi connectivity index (χ3v) is 3.67. The van der Waals surface area contributed by atoms with Crippen LogP contribution in [-0.2, 0) is 6.42 Å². The second-order valence-electron chi connectivity index (χ2n) is 4.94. The molecule has 5 heteroatoms. The summed E-state index contributed by atoms with van der Waals surface area (Å²) in [6, 6.07) is 14.7. The number of methoxy groups -OCH3 is 2. The number of nitrogens with one attached hydrogen (secondary N) is 1. The molecule has 0 aliphatic rings. The maximum absolute atomic E-state index is 12.1. The smallest absolute Gasteiger partial charge is 0.251 e. The zero-order valence-corrected chi connectivity index (χ0v) is 14.0. The molecule has 0 saturated carbocycles. The number of rotatable bonds is 7. The molecule has 0 radical (unpaired) electrons. The third-order valence-electron chi connectivity index (χ3n) is 3.38.